The predicted molar refractivity (Wildman–Crippen MR) is 193 cm³/mol. The molecule has 2 heterocycles. The number of carboxylic acids is 1. The second kappa shape index (κ2) is 12.8. The molecule has 1 saturated heterocycles. The van der Waals surface area contributed by atoms with Gasteiger partial charge in [-0.2, -0.15) is 4.80 Å². The number of hydrogen-bond donors (Lipinski definition) is 3. The summed E-state index contributed by atoms with van der Waals surface area (Å²) in [6, 6.07) is -0.300. The predicted octanol–water partition coefficient (Wildman–Crippen LogP) is 5.86. The number of carboxylic acid groups (broad SMARTS) is 1. The zero-order valence-corrected chi connectivity index (χ0v) is 32.5. The standard InChI is InChI=1S/C39H66N6O5/c1-24(2)25(3)35(6)15-16-36(7)26-11-12-29-34(4,5)31(50-23-38(44(9)10)17-19-49-20-18-38)28(45-42-33(40)41-43-45)21-39(29,22-46)27(26)13-14-37(36,8)30(35)32(47)48/h13,24-26,28-31,46H,11-12,14-23H2,1-10H3,(H2,40,42)(H,47,48)/t25-,26+,28-,29+,30-,31+,35-,36-,37+,39+/m1/s1. The zero-order valence-electron chi connectivity index (χ0n) is 32.5. The van der Waals surface area contributed by atoms with E-state index in [9.17, 15) is 15.0 Å². The summed E-state index contributed by atoms with van der Waals surface area (Å²) in [5.41, 5.74) is 5.42. The van der Waals surface area contributed by atoms with Gasteiger partial charge in [-0.1, -0.05) is 72.1 Å². The van der Waals surface area contributed by atoms with E-state index in [-0.39, 0.29) is 64.2 Å². The van der Waals surface area contributed by atoms with Gasteiger partial charge in [-0.15, -0.1) is 5.10 Å². The average molecular weight is 699 g/mol. The van der Waals surface area contributed by atoms with Crippen molar-refractivity contribution in [2.75, 3.05) is 46.3 Å². The van der Waals surface area contributed by atoms with Crippen molar-refractivity contribution in [2.24, 2.45) is 56.7 Å². The molecule has 50 heavy (non-hydrogen) atoms. The van der Waals surface area contributed by atoms with Crippen LogP contribution in [-0.4, -0.2) is 93.5 Å². The third kappa shape index (κ3) is 5.32. The second-order valence-electron chi connectivity index (χ2n) is 19.0. The lowest BCUT2D eigenvalue weighted by Gasteiger charge is -2.70. The quantitative estimate of drug-likeness (QED) is 0.268. The van der Waals surface area contributed by atoms with E-state index in [4.69, 9.17) is 15.2 Å². The largest absolute Gasteiger partial charge is 0.481 e. The van der Waals surface area contributed by atoms with Gasteiger partial charge in [-0.05, 0) is 116 Å². The number of allylic oxidation sites excluding steroid dienone is 1. The summed E-state index contributed by atoms with van der Waals surface area (Å²) in [6.07, 6.45) is 9.01. The van der Waals surface area contributed by atoms with Gasteiger partial charge < -0.3 is 30.3 Å². The number of nitrogen functional groups attached to an aromatic ring is 1. The van der Waals surface area contributed by atoms with Crippen LogP contribution in [0.15, 0.2) is 11.6 Å². The van der Waals surface area contributed by atoms with Crippen LogP contribution in [0.1, 0.15) is 113 Å². The highest BCUT2D eigenvalue weighted by Gasteiger charge is 2.70. The van der Waals surface area contributed by atoms with E-state index in [2.05, 4.69) is 95.9 Å². The van der Waals surface area contributed by atoms with E-state index in [1.165, 1.54) is 5.57 Å². The van der Waals surface area contributed by atoms with Crippen molar-refractivity contribution in [3.8, 4) is 0 Å². The highest BCUT2D eigenvalue weighted by Crippen LogP contribution is 2.74. The topological polar surface area (TPSA) is 149 Å². The molecule has 0 amide bonds. The fourth-order valence-corrected chi connectivity index (χ4v) is 12.8. The Hall–Kier alpha value is -2.08. The van der Waals surface area contributed by atoms with Gasteiger partial charge in [0.25, 0.3) is 5.95 Å². The number of aliphatic hydroxyl groups is 1. The number of likely N-dealkylation sites (N-methyl/N-ethyl adjacent to an activating group) is 1. The van der Waals surface area contributed by atoms with Crippen molar-refractivity contribution in [1.29, 1.82) is 0 Å². The molecule has 1 aliphatic heterocycles. The minimum atomic E-state index is -0.662. The van der Waals surface area contributed by atoms with Crippen LogP contribution in [0.2, 0.25) is 0 Å². The smallest absolute Gasteiger partial charge is 0.307 e. The van der Waals surface area contributed by atoms with Gasteiger partial charge in [0, 0.05) is 24.2 Å². The highest BCUT2D eigenvalue weighted by molar-refractivity contribution is 5.73. The molecule has 3 saturated carbocycles. The van der Waals surface area contributed by atoms with Crippen LogP contribution in [0.25, 0.3) is 0 Å². The number of carbonyl (C=O) groups is 1. The Labute approximate surface area is 300 Å². The SMILES string of the molecule is CC(C)[C@@H](C)[C@@]1(C)CC[C@]2(C)[C@H]3CC[C@H]4C(C)(C)[C@@H](OCC5(N(C)C)CCOCC5)[C@H](n5nnc(N)n5)C[C@]4(CO)C3=CC[C@@]2(C)[C@@H]1C(=O)O. The Morgan fingerprint density at radius 2 is 1.76 bits per heavy atom. The van der Waals surface area contributed by atoms with E-state index in [0.717, 1.165) is 38.5 Å². The number of aliphatic carboxylic acids is 1. The minimum absolute atomic E-state index is 0.00700. The Balaban J connectivity index is 1.42. The maximum atomic E-state index is 13.5. The van der Waals surface area contributed by atoms with E-state index in [1.807, 2.05) is 0 Å². The number of ether oxygens (including phenoxy) is 2. The van der Waals surface area contributed by atoms with Gasteiger partial charge in [0.1, 0.15) is 6.04 Å². The molecule has 282 valence electrons. The van der Waals surface area contributed by atoms with Crippen molar-refractivity contribution in [1.82, 2.24) is 25.1 Å². The van der Waals surface area contributed by atoms with Crippen molar-refractivity contribution in [3.63, 3.8) is 0 Å². The number of aromatic nitrogens is 4. The monoisotopic (exact) mass is 699 g/mol. The fourth-order valence-electron chi connectivity index (χ4n) is 12.8. The molecule has 0 spiro atoms. The van der Waals surface area contributed by atoms with Gasteiger partial charge in [-0.25, -0.2) is 0 Å². The minimum Gasteiger partial charge on any atom is -0.481 e. The van der Waals surface area contributed by atoms with Crippen LogP contribution in [-0.2, 0) is 14.3 Å². The first kappa shape index (κ1) is 37.7. The first-order chi connectivity index (χ1) is 23.3. The molecule has 10 atom stereocenters. The molecular formula is C39H66N6O5. The lowest BCUT2D eigenvalue weighted by Crippen LogP contribution is -2.66. The van der Waals surface area contributed by atoms with Gasteiger partial charge in [-0.3, -0.25) is 4.79 Å². The van der Waals surface area contributed by atoms with Gasteiger partial charge >= 0.3 is 5.97 Å². The van der Waals surface area contributed by atoms with Gasteiger partial charge in [0.05, 0.1) is 25.2 Å². The highest BCUT2D eigenvalue weighted by atomic mass is 16.5. The van der Waals surface area contributed by atoms with Crippen molar-refractivity contribution in [2.45, 2.75) is 124 Å². The van der Waals surface area contributed by atoms with E-state index in [0.29, 0.717) is 38.6 Å². The van der Waals surface area contributed by atoms with E-state index >= 15 is 0 Å². The molecule has 11 nitrogen and oxygen atoms in total. The zero-order chi connectivity index (χ0) is 36.7. The fraction of sp³-hybridized carbons (Fsp3) is 0.897. The molecule has 1 aromatic heterocycles. The molecule has 6 rings (SSSR count). The van der Waals surface area contributed by atoms with Crippen molar-refractivity contribution >= 4 is 11.9 Å². The number of fused-ring (bicyclic) bond motifs is 5. The number of rotatable bonds is 9. The molecule has 0 radical (unpaired) electrons. The molecule has 5 aliphatic rings. The normalized spacial score (nSPS) is 41.5. The summed E-state index contributed by atoms with van der Waals surface area (Å²) >= 11 is 0. The molecule has 0 aromatic carbocycles. The third-order valence-electron chi connectivity index (χ3n) is 16.4. The summed E-state index contributed by atoms with van der Waals surface area (Å²) < 4.78 is 12.9. The number of nitrogens with two attached hydrogens (primary N) is 1. The van der Waals surface area contributed by atoms with Crippen LogP contribution in [0, 0.1) is 56.7 Å². The molecular weight excluding hydrogens is 632 g/mol. The molecule has 4 aliphatic carbocycles. The summed E-state index contributed by atoms with van der Waals surface area (Å²) in [6.45, 7) is 20.2. The molecule has 1 aromatic rings. The first-order valence-corrected chi connectivity index (χ1v) is 19.3. The number of aliphatic hydroxyl groups excluding tert-OH is 1. The molecule has 0 unspecified atom stereocenters. The molecule has 0 bridgehead atoms. The van der Waals surface area contributed by atoms with Crippen LogP contribution >= 0.6 is 0 Å². The second-order valence-corrected chi connectivity index (χ2v) is 19.0. The van der Waals surface area contributed by atoms with Gasteiger partial charge in [0.15, 0.2) is 0 Å². The lowest BCUT2D eigenvalue weighted by molar-refractivity contribution is -0.212. The first-order valence-electron chi connectivity index (χ1n) is 19.3. The lowest BCUT2D eigenvalue weighted by atomic mass is 9.34. The summed E-state index contributed by atoms with van der Waals surface area (Å²) in [7, 11) is 4.26. The van der Waals surface area contributed by atoms with Crippen LogP contribution in [0.3, 0.4) is 0 Å². The summed E-state index contributed by atoms with van der Waals surface area (Å²) in [5.74, 6) is -0.00546. The summed E-state index contributed by atoms with van der Waals surface area (Å²) in [5, 5.41) is 35.9. The van der Waals surface area contributed by atoms with Crippen molar-refractivity contribution in [3.05, 3.63) is 11.6 Å². The number of hydrogen-bond acceptors (Lipinski definition) is 9. The number of tetrazole rings is 1. The molecule has 4 N–H and O–H groups in total. The Bertz CT molecular complexity index is 1450. The maximum absolute atomic E-state index is 13.5. The van der Waals surface area contributed by atoms with E-state index < -0.39 is 22.7 Å². The Kier molecular flexibility index (Phi) is 9.64. The average Bonchev–Trinajstić information content (AvgIpc) is 3.50. The van der Waals surface area contributed by atoms with Crippen molar-refractivity contribution < 1.29 is 24.5 Å². The third-order valence-corrected chi connectivity index (χ3v) is 16.4. The Morgan fingerprint density at radius 3 is 2.32 bits per heavy atom. The number of anilines is 1. The molecule has 11 heteroatoms. The number of nitrogens with zero attached hydrogens (tertiary/aromatic N) is 5. The van der Waals surface area contributed by atoms with Crippen LogP contribution < -0.4 is 5.73 Å². The summed E-state index contributed by atoms with van der Waals surface area (Å²) in [4.78, 5) is 17.4. The Morgan fingerprint density at radius 1 is 1.08 bits per heavy atom. The van der Waals surface area contributed by atoms with Gasteiger partial charge in [0.2, 0.25) is 0 Å². The van der Waals surface area contributed by atoms with E-state index in [1.54, 1.807) is 4.80 Å². The molecule has 4 fully saturated rings. The van der Waals surface area contributed by atoms with Crippen LogP contribution in [0.5, 0.6) is 0 Å². The van der Waals surface area contributed by atoms with Crippen LogP contribution in [0.4, 0.5) is 5.95 Å². The maximum Gasteiger partial charge on any atom is 0.307 e.